The number of ether oxygens (including phenoxy) is 4. The van der Waals surface area contributed by atoms with Gasteiger partial charge < -0.3 is 23.8 Å². The Morgan fingerprint density at radius 3 is 2.54 bits per heavy atom. The monoisotopic (exact) mass is 651 g/mol. The van der Waals surface area contributed by atoms with Crippen molar-refractivity contribution in [2.75, 3.05) is 38.3 Å². The standard InChI is InChI=1S/C40H49N3O5/c1-26-14-15-34-31(21-26)29-12-9-13-30(22-29)32-23-33-36(42-18-16-40(7,17-19-42)47-20-10-11-27(2)25-46-34)35(28(3)24-43(33)41-32)37(38(44)45-8)48-39(4,5)6/h9-15,21-24,27,37H,16-20,25H2,1-8H3/t27?,37-/m0/s1. The zero-order valence-corrected chi connectivity index (χ0v) is 29.6. The Balaban J connectivity index is 1.55. The SMILES string of the molecule is COC(=O)[C@@H](OC(C)(C)C)c1c(C)cn2nc3cc2c1N1CCC(C)(CC1)OCC=CC(C)COc1ccc(C)cc1-c1cccc-3c1. The molecule has 1 saturated heterocycles. The summed E-state index contributed by atoms with van der Waals surface area (Å²) in [6, 6.07) is 16.9. The molecule has 1 unspecified atom stereocenters. The van der Waals surface area contributed by atoms with Crippen molar-refractivity contribution >= 4 is 17.2 Å². The van der Waals surface area contributed by atoms with Crippen molar-refractivity contribution in [3.05, 3.63) is 83.6 Å². The van der Waals surface area contributed by atoms with Crippen molar-refractivity contribution in [1.82, 2.24) is 9.61 Å². The molecule has 2 aromatic heterocycles. The highest BCUT2D eigenvalue weighted by Gasteiger charge is 2.37. The third kappa shape index (κ3) is 7.15. The van der Waals surface area contributed by atoms with E-state index in [9.17, 15) is 4.79 Å². The first-order valence-electron chi connectivity index (χ1n) is 17.0. The number of piperidine rings is 1. The van der Waals surface area contributed by atoms with E-state index in [1.807, 2.05) is 38.4 Å². The van der Waals surface area contributed by atoms with Crippen LogP contribution in [-0.2, 0) is 19.0 Å². The lowest BCUT2D eigenvalue weighted by Gasteiger charge is -2.41. The molecule has 1 fully saturated rings. The number of anilines is 1. The minimum atomic E-state index is -0.904. The molecule has 0 spiro atoms. The molecule has 254 valence electrons. The van der Waals surface area contributed by atoms with Crippen molar-refractivity contribution in [3.63, 3.8) is 0 Å². The zero-order chi connectivity index (χ0) is 34.2. The maximum absolute atomic E-state index is 13.4. The van der Waals surface area contributed by atoms with E-state index in [0.717, 1.165) is 82.0 Å². The minimum absolute atomic E-state index is 0.221. The summed E-state index contributed by atoms with van der Waals surface area (Å²) in [6.07, 6.45) is 7.06. The van der Waals surface area contributed by atoms with Crippen molar-refractivity contribution in [2.24, 2.45) is 5.92 Å². The average molecular weight is 652 g/mol. The Labute approximate surface area is 284 Å². The van der Waals surface area contributed by atoms with E-state index in [4.69, 9.17) is 24.0 Å². The van der Waals surface area contributed by atoms with E-state index in [1.54, 1.807) is 0 Å². The number of rotatable bonds is 3. The number of hydrogen-bond donors (Lipinski definition) is 0. The van der Waals surface area contributed by atoms with Gasteiger partial charge in [0.1, 0.15) is 5.75 Å². The lowest BCUT2D eigenvalue weighted by Crippen LogP contribution is -2.45. The second-order valence-electron chi connectivity index (χ2n) is 14.6. The Bertz CT molecular complexity index is 1830. The molecule has 0 aliphatic carbocycles. The molecule has 0 N–H and O–H groups in total. The Morgan fingerprint density at radius 2 is 1.81 bits per heavy atom. The van der Waals surface area contributed by atoms with E-state index in [0.29, 0.717) is 13.2 Å². The van der Waals surface area contributed by atoms with Crippen LogP contribution in [0.4, 0.5) is 5.69 Å². The van der Waals surface area contributed by atoms with E-state index in [1.165, 1.54) is 7.11 Å². The first-order valence-corrected chi connectivity index (χ1v) is 17.0. The number of benzene rings is 2. The van der Waals surface area contributed by atoms with Crippen LogP contribution in [0.3, 0.4) is 0 Å². The number of pyridine rings is 1. The third-order valence-electron chi connectivity index (χ3n) is 9.36. The summed E-state index contributed by atoms with van der Waals surface area (Å²) in [5, 5.41) is 5.11. The molecule has 8 nitrogen and oxygen atoms in total. The highest BCUT2D eigenvalue weighted by atomic mass is 16.6. The summed E-state index contributed by atoms with van der Waals surface area (Å²) in [6.45, 7) is 17.0. The van der Waals surface area contributed by atoms with Crippen LogP contribution in [0.1, 0.15) is 70.3 Å². The van der Waals surface area contributed by atoms with Gasteiger partial charge in [-0.3, -0.25) is 0 Å². The summed E-state index contributed by atoms with van der Waals surface area (Å²) >= 11 is 0. The molecule has 8 heteroatoms. The average Bonchev–Trinajstić information content (AvgIpc) is 3.47. The summed E-state index contributed by atoms with van der Waals surface area (Å²) in [5.41, 5.74) is 7.84. The topological polar surface area (TPSA) is 74.5 Å². The van der Waals surface area contributed by atoms with Gasteiger partial charge in [0, 0.05) is 41.9 Å². The molecule has 2 atom stereocenters. The van der Waals surface area contributed by atoms with Crippen LogP contribution >= 0.6 is 0 Å². The van der Waals surface area contributed by atoms with Crippen molar-refractivity contribution < 1.29 is 23.7 Å². The predicted molar refractivity (Wildman–Crippen MR) is 191 cm³/mol. The van der Waals surface area contributed by atoms with Gasteiger partial charge in [0.05, 0.1) is 48.4 Å². The molecule has 3 aliphatic heterocycles. The van der Waals surface area contributed by atoms with Gasteiger partial charge in [0.15, 0.2) is 6.10 Å². The molecule has 4 aromatic rings. The summed E-state index contributed by atoms with van der Waals surface area (Å²) in [5.74, 6) is 0.652. The number of hydrogen-bond acceptors (Lipinski definition) is 7. The lowest BCUT2D eigenvalue weighted by molar-refractivity contribution is -0.164. The molecule has 0 amide bonds. The van der Waals surface area contributed by atoms with E-state index in [-0.39, 0.29) is 11.5 Å². The highest BCUT2D eigenvalue weighted by Crippen LogP contribution is 2.42. The Hall–Kier alpha value is -4.14. The van der Waals surface area contributed by atoms with Gasteiger partial charge in [-0.25, -0.2) is 9.31 Å². The fourth-order valence-corrected chi connectivity index (χ4v) is 6.74. The second kappa shape index (κ2) is 13.4. The molecular formula is C40H49N3O5. The number of carbonyl (C=O) groups excluding carboxylic acids is 1. The van der Waals surface area contributed by atoms with Crippen molar-refractivity contribution in [1.29, 1.82) is 0 Å². The summed E-state index contributed by atoms with van der Waals surface area (Å²) < 4.78 is 26.7. The predicted octanol–water partition coefficient (Wildman–Crippen LogP) is 8.27. The number of aryl methyl sites for hydroxylation is 2. The maximum Gasteiger partial charge on any atom is 0.339 e. The van der Waals surface area contributed by atoms with Crippen LogP contribution in [0.5, 0.6) is 5.75 Å². The molecule has 6 bridgehead atoms. The number of methoxy groups -OCH3 is 1. The van der Waals surface area contributed by atoms with Crippen LogP contribution in [0.15, 0.2) is 66.9 Å². The van der Waals surface area contributed by atoms with Gasteiger partial charge in [-0.15, -0.1) is 0 Å². The van der Waals surface area contributed by atoms with E-state index < -0.39 is 17.7 Å². The number of fused-ring (bicyclic) bond motifs is 7. The molecular weight excluding hydrogens is 602 g/mol. The molecule has 2 aromatic carbocycles. The normalized spacial score (nSPS) is 20.8. The smallest absolute Gasteiger partial charge is 0.339 e. The third-order valence-corrected chi connectivity index (χ3v) is 9.36. The quantitative estimate of drug-likeness (QED) is 0.163. The molecule has 48 heavy (non-hydrogen) atoms. The molecule has 7 rings (SSSR count). The van der Waals surface area contributed by atoms with Gasteiger partial charge >= 0.3 is 5.97 Å². The van der Waals surface area contributed by atoms with Crippen LogP contribution in [-0.4, -0.2) is 60.2 Å². The van der Waals surface area contributed by atoms with Gasteiger partial charge in [-0.2, -0.15) is 5.10 Å². The van der Waals surface area contributed by atoms with Crippen LogP contribution in [0, 0.1) is 19.8 Å². The van der Waals surface area contributed by atoms with Gasteiger partial charge in [-0.05, 0) is 89.8 Å². The van der Waals surface area contributed by atoms with E-state index in [2.05, 4.69) is 86.4 Å². The van der Waals surface area contributed by atoms with Crippen LogP contribution < -0.4 is 9.64 Å². The summed E-state index contributed by atoms with van der Waals surface area (Å²) in [4.78, 5) is 15.8. The number of nitrogens with zero attached hydrogens (tertiary/aromatic N) is 3. The molecule has 5 heterocycles. The zero-order valence-electron chi connectivity index (χ0n) is 29.6. The number of aromatic nitrogens is 2. The van der Waals surface area contributed by atoms with Crippen molar-refractivity contribution in [3.8, 4) is 28.1 Å². The minimum Gasteiger partial charge on any atom is -0.492 e. The summed E-state index contributed by atoms with van der Waals surface area (Å²) in [7, 11) is 1.42. The fourth-order valence-electron chi connectivity index (χ4n) is 6.74. The van der Waals surface area contributed by atoms with E-state index >= 15 is 0 Å². The number of esters is 1. The lowest BCUT2D eigenvalue weighted by atomic mass is 9.91. The van der Waals surface area contributed by atoms with Crippen LogP contribution in [0.25, 0.3) is 27.9 Å². The second-order valence-corrected chi connectivity index (χ2v) is 14.6. The van der Waals surface area contributed by atoms with Gasteiger partial charge in [0.2, 0.25) is 0 Å². The Morgan fingerprint density at radius 1 is 1.06 bits per heavy atom. The Kier molecular flexibility index (Phi) is 9.42. The largest absolute Gasteiger partial charge is 0.492 e. The molecule has 3 aliphatic rings. The first-order chi connectivity index (χ1) is 22.8. The van der Waals surface area contributed by atoms with Gasteiger partial charge in [0.25, 0.3) is 0 Å². The molecule has 0 saturated carbocycles. The molecule has 0 radical (unpaired) electrons. The van der Waals surface area contributed by atoms with Crippen LogP contribution in [0.2, 0.25) is 0 Å². The number of carbonyl (C=O) groups is 1. The fraction of sp³-hybridized carbons (Fsp3) is 0.450. The highest BCUT2D eigenvalue weighted by molar-refractivity contribution is 5.88. The van der Waals surface area contributed by atoms with Crippen molar-refractivity contribution in [2.45, 2.75) is 78.6 Å². The van der Waals surface area contributed by atoms with Gasteiger partial charge in [-0.1, -0.05) is 48.9 Å². The first kappa shape index (κ1) is 33.7. The maximum atomic E-state index is 13.4.